The smallest absolute Gasteiger partial charge is 0.255 e. The van der Waals surface area contributed by atoms with Crippen molar-refractivity contribution in [3.8, 4) is 23.0 Å². The quantitative estimate of drug-likeness (QED) is 0.238. The molecule has 10 nitrogen and oxygen atoms in total. The van der Waals surface area contributed by atoms with Crippen molar-refractivity contribution in [1.82, 2.24) is 14.8 Å². The molecule has 1 aliphatic rings. The molecule has 0 spiro atoms. The number of rotatable bonds is 9. The summed E-state index contributed by atoms with van der Waals surface area (Å²) in [6, 6.07) is 15.2. The summed E-state index contributed by atoms with van der Waals surface area (Å²) in [5.41, 5.74) is 2.93. The Hall–Kier alpha value is -4.41. The molecule has 4 aromatic rings. The van der Waals surface area contributed by atoms with Crippen LogP contribution in [0, 0.1) is 0 Å². The molecule has 1 aromatic heterocycles. The molecule has 212 valence electrons. The molecular formula is C29H27Cl2N5O5. The lowest BCUT2D eigenvalue weighted by atomic mass is 9.94. The summed E-state index contributed by atoms with van der Waals surface area (Å²) in [6.07, 6.45) is 1.43. The van der Waals surface area contributed by atoms with Gasteiger partial charge < -0.3 is 29.6 Å². The van der Waals surface area contributed by atoms with Crippen LogP contribution in [0.2, 0.25) is 10.0 Å². The van der Waals surface area contributed by atoms with Crippen LogP contribution in [0.1, 0.15) is 24.1 Å². The number of carbonyl (C=O) groups is 1. The molecule has 1 atom stereocenters. The first-order valence-electron chi connectivity index (χ1n) is 12.5. The zero-order valence-electron chi connectivity index (χ0n) is 22.7. The highest BCUT2D eigenvalue weighted by molar-refractivity contribution is 6.35. The maximum atomic E-state index is 13.8. The van der Waals surface area contributed by atoms with Gasteiger partial charge >= 0.3 is 0 Å². The number of ether oxygens (including phenoxy) is 4. The standard InChI is InChI=1S/C29H27Cl2N5O5/c1-16-26(28(37)35-22-10-9-18(38-2)13-24(22)39-3)27(36-29(34-16)32-15-33-36)17-8-11-23(25(12-17)40-4)41-14-19-20(30)6-5-7-21(19)31/h5-13,15,27H,14H2,1-4H3,(H,35,37)(H,32,33,34). The Morgan fingerprint density at radius 2 is 1.73 bits per heavy atom. The second kappa shape index (κ2) is 12.0. The molecular weight excluding hydrogens is 569 g/mol. The van der Waals surface area contributed by atoms with E-state index in [-0.39, 0.29) is 12.5 Å². The Morgan fingerprint density at radius 1 is 0.976 bits per heavy atom. The lowest BCUT2D eigenvalue weighted by Crippen LogP contribution is -2.31. The van der Waals surface area contributed by atoms with Crippen LogP contribution in [0.25, 0.3) is 0 Å². The average molecular weight is 596 g/mol. The average Bonchev–Trinajstić information content (AvgIpc) is 3.44. The third-order valence-electron chi connectivity index (χ3n) is 6.63. The van der Waals surface area contributed by atoms with Crippen molar-refractivity contribution in [2.75, 3.05) is 32.0 Å². The molecule has 12 heteroatoms. The zero-order valence-corrected chi connectivity index (χ0v) is 24.2. The molecule has 1 unspecified atom stereocenters. The van der Waals surface area contributed by atoms with Crippen molar-refractivity contribution in [3.63, 3.8) is 0 Å². The van der Waals surface area contributed by atoms with Gasteiger partial charge in [-0.2, -0.15) is 10.1 Å². The van der Waals surface area contributed by atoms with Gasteiger partial charge in [0.2, 0.25) is 5.95 Å². The van der Waals surface area contributed by atoms with Gasteiger partial charge in [0.05, 0.1) is 32.6 Å². The van der Waals surface area contributed by atoms with Crippen LogP contribution in [0.15, 0.2) is 72.2 Å². The maximum absolute atomic E-state index is 13.8. The summed E-state index contributed by atoms with van der Waals surface area (Å²) in [7, 11) is 4.63. The first-order chi connectivity index (χ1) is 19.8. The number of fused-ring (bicyclic) bond motifs is 1. The fourth-order valence-electron chi connectivity index (χ4n) is 4.58. The van der Waals surface area contributed by atoms with Crippen molar-refractivity contribution >= 4 is 40.7 Å². The van der Waals surface area contributed by atoms with Gasteiger partial charge in [0.25, 0.3) is 5.91 Å². The number of nitrogens with one attached hydrogen (secondary N) is 2. The third kappa shape index (κ3) is 5.61. The van der Waals surface area contributed by atoms with Crippen molar-refractivity contribution in [1.29, 1.82) is 0 Å². The number of carbonyl (C=O) groups excluding carboxylic acids is 1. The van der Waals surface area contributed by atoms with E-state index in [1.54, 1.807) is 67.4 Å². The van der Waals surface area contributed by atoms with E-state index in [0.717, 1.165) is 5.56 Å². The van der Waals surface area contributed by atoms with E-state index in [0.29, 0.717) is 61.5 Å². The van der Waals surface area contributed by atoms with E-state index in [9.17, 15) is 4.79 Å². The van der Waals surface area contributed by atoms with Gasteiger partial charge in [0.15, 0.2) is 11.5 Å². The van der Waals surface area contributed by atoms with Crippen LogP contribution in [-0.4, -0.2) is 42.0 Å². The lowest BCUT2D eigenvalue weighted by molar-refractivity contribution is -0.113. The van der Waals surface area contributed by atoms with E-state index in [1.165, 1.54) is 13.4 Å². The minimum atomic E-state index is -0.626. The molecule has 1 aliphatic heterocycles. The number of halogens is 2. The maximum Gasteiger partial charge on any atom is 0.255 e. The van der Waals surface area contributed by atoms with Gasteiger partial charge in [0.1, 0.15) is 30.5 Å². The largest absolute Gasteiger partial charge is 0.497 e. The Labute approximate surface area is 246 Å². The molecule has 0 radical (unpaired) electrons. The van der Waals surface area contributed by atoms with Gasteiger partial charge in [-0.15, -0.1) is 0 Å². The number of methoxy groups -OCH3 is 3. The number of hydrogen-bond acceptors (Lipinski definition) is 8. The molecule has 0 fully saturated rings. The molecule has 5 rings (SSSR count). The van der Waals surface area contributed by atoms with Gasteiger partial charge in [-0.25, -0.2) is 4.68 Å². The summed E-state index contributed by atoms with van der Waals surface area (Å²) >= 11 is 12.6. The molecule has 41 heavy (non-hydrogen) atoms. The second-order valence-electron chi connectivity index (χ2n) is 9.01. The van der Waals surface area contributed by atoms with Gasteiger partial charge in [0, 0.05) is 27.4 Å². The first kappa shape index (κ1) is 28.1. The van der Waals surface area contributed by atoms with Crippen LogP contribution >= 0.6 is 23.2 Å². The van der Waals surface area contributed by atoms with Crippen molar-refractivity contribution in [2.24, 2.45) is 0 Å². The van der Waals surface area contributed by atoms with Gasteiger partial charge in [-0.05, 0) is 48.9 Å². The van der Waals surface area contributed by atoms with E-state index < -0.39 is 6.04 Å². The van der Waals surface area contributed by atoms with Crippen molar-refractivity contribution in [3.05, 3.63) is 93.4 Å². The zero-order chi connectivity index (χ0) is 29.1. The summed E-state index contributed by atoms with van der Waals surface area (Å²) in [6.45, 7) is 1.96. The van der Waals surface area contributed by atoms with Crippen LogP contribution < -0.4 is 29.6 Å². The van der Waals surface area contributed by atoms with Gasteiger partial charge in [-0.3, -0.25) is 4.79 Å². The first-order valence-corrected chi connectivity index (χ1v) is 13.2. The molecule has 0 bridgehead atoms. The number of amides is 1. The Morgan fingerprint density at radius 3 is 2.44 bits per heavy atom. The molecule has 0 saturated heterocycles. The molecule has 0 saturated carbocycles. The fourth-order valence-corrected chi connectivity index (χ4v) is 5.08. The Balaban J connectivity index is 1.48. The topological polar surface area (TPSA) is 109 Å². The normalized spacial score (nSPS) is 14.1. The Bertz CT molecular complexity index is 1620. The minimum absolute atomic E-state index is 0.144. The number of hydrogen-bond donors (Lipinski definition) is 2. The van der Waals surface area contributed by atoms with Crippen LogP contribution in [0.5, 0.6) is 23.0 Å². The summed E-state index contributed by atoms with van der Waals surface area (Å²) in [4.78, 5) is 18.1. The highest BCUT2D eigenvalue weighted by Gasteiger charge is 2.34. The van der Waals surface area contributed by atoms with E-state index in [1.807, 2.05) is 13.0 Å². The number of benzene rings is 3. The molecule has 1 amide bonds. The summed E-state index contributed by atoms with van der Waals surface area (Å²) in [5.74, 6) is 2.15. The van der Waals surface area contributed by atoms with Crippen LogP contribution in [0.4, 0.5) is 11.6 Å². The molecule has 2 N–H and O–H groups in total. The van der Waals surface area contributed by atoms with Crippen molar-refractivity contribution < 1.29 is 23.7 Å². The summed E-state index contributed by atoms with van der Waals surface area (Å²) in [5, 5.41) is 11.5. The lowest BCUT2D eigenvalue weighted by Gasteiger charge is -2.29. The van der Waals surface area contributed by atoms with Gasteiger partial charge in [-0.1, -0.05) is 35.3 Å². The number of aromatic nitrogens is 3. The molecule has 2 heterocycles. The molecule has 0 aliphatic carbocycles. The Kier molecular flexibility index (Phi) is 8.23. The van der Waals surface area contributed by atoms with Crippen molar-refractivity contribution in [2.45, 2.75) is 19.6 Å². The predicted molar refractivity (Wildman–Crippen MR) is 156 cm³/mol. The SMILES string of the molecule is COc1ccc(NC(=O)C2=C(C)Nc3ncnn3C2c2ccc(OCc3c(Cl)cccc3Cl)c(OC)c2)c(OC)c1. The van der Waals surface area contributed by atoms with E-state index >= 15 is 0 Å². The summed E-state index contributed by atoms with van der Waals surface area (Å²) < 4.78 is 24.1. The van der Waals surface area contributed by atoms with E-state index in [2.05, 4.69) is 20.7 Å². The third-order valence-corrected chi connectivity index (χ3v) is 7.34. The van der Waals surface area contributed by atoms with Crippen LogP contribution in [-0.2, 0) is 11.4 Å². The minimum Gasteiger partial charge on any atom is -0.497 e. The highest BCUT2D eigenvalue weighted by atomic mass is 35.5. The fraction of sp³-hybridized carbons (Fsp3) is 0.207. The van der Waals surface area contributed by atoms with E-state index in [4.69, 9.17) is 42.1 Å². The number of allylic oxidation sites excluding steroid dienone is 1. The monoisotopic (exact) mass is 595 g/mol. The number of nitrogens with zero attached hydrogens (tertiary/aromatic N) is 3. The molecule has 3 aromatic carbocycles. The number of anilines is 2. The predicted octanol–water partition coefficient (Wildman–Crippen LogP) is 6.12. The second-order valence-corrected chi connectivity index (χ2v) is 9.83. The van der Waals surface area contributed by atoms with Crippen LogP contribution in [0.3, 0.4) is 0 Å². The highest BCUT2D eigenvalue weighted by Crippen LogP contribution is 2.40.